The van der Waals surface area contributed by atoms with Crippen molar-refractivity contribution in [1.82, 2.24) is 15.5 Å². The fourth-order valence-electron chi connectivity index (χ4n) is 6.21. The van der Waals surface area contributed by atoms with Gasteiger partial charge in [-0.1, -0.05) is 38.0 Å². The second-order valence-electron chi connectivity index (χ2n) is 11.2. The van der Waals surface area contributed by atoms with Crippen LogP contribution in [0.2, 0.25) is 0 Å². The van der Waals surface area contributed by atoms with E-state index in [1.54, 1.807) is 6.08 Å². The predicted octanol–water partition coefficient (Wildman–Crippen LogP) is 2.32. The van der Waals surface area contributed by atoms with E-state index in [2.05, 4.69) is 24.1 Å². The number of amides is 3. The third kappa shape index (κ3) is 3.49. The lowest BCUT2D eigenvalue weighted by atomic mass is 9.70. The number of carbonyl (C=O) groups excluding carboxylic acids is 3. The van der Waals surface area contributed by atoms with E-state index in [0.717, 1.165) is 19.3 Å². The molecular formula is C25H37N3O4. The summed E-state index contributed by atoms with van der Waals surface area (Å²) in [7, 11) is 0. The van der Waals surface area contributed by atoms with Crippen molar-refractivity contribution in [2.45, 2.75) is 89.1 Å². The molecule has 1 saturated carbocycles. The van der Waals surface area contributed by atoms with Crippen LogP contribution in [0.15, 0.2) is 24.8 Å². The number of hydrogen-bond acceptors (Lipinski definition) is 4. The van der Waals surface area contributed by atoms with Gasteiger partial charge in [0.2, 0.25) is 17.7 Å². The van der Waals surface area contributed by atoms with Gasteiger partial charge in [0, 0.05) is 18.1 Å². The van der Waals surface area contributed by atoms with Gasteiger partial charge in [-0.3, -0.25) is 14.4 Å². The first-order chi connectivity index (χ1) is 14.9. The number of likely N-dealkylation sites (tertiary alicyclic amines) is 1. The summed E-state index contributed by atoms with van der Waals surface area (Å²) in [5, 5.41) is 6.24. The van der Waals surface area contributed by atoms with Gasteiger partial charge in [0.05, 0.1) is 17.4 Å². The number of nitrogens with zero attached hydrogens (tertiary/aromatic N) is 1. The van der Waals surface area contributed by atoms with E-state index in [1.807, 2.05) is 39.8 Å². The van der Waals surface area contributed by atoms with Gasteiger partial charge in [-0.15, -0.1) is 6.58 Å². The summed E-state index contributed by atoms with van der Waals surface area (Å²) in [4.78, 5) is 42.2. The number of hydrogen-bond donors (Lipinski definition) is 2. The Morgan fingerprint density at radius 3 is 2.56 bits per heavy atom. The molecule has 176 valence electrons. The third-order valence-corrected chi connectivity index (χ3v) is 7.59. The maximum atomic E-state index is 13.7. The molecule has 0 aromatic carbocycles. The van der Waals surface area contributed by atoms with Crippen molar-refractivity contribution in [3.63, 3.8) is 0 Å². The molecule has 2 N–H and O–H groups in total. The highest BCUT2D eigenvalue weighted by Crippen LogP contribution is 2.59. The van der Waals surface area contributed by atoms with E-state index < -0.39 is 34.6 Å². The van der Waals surface area contributed by atoms with E-state index in [0.29, 0.717) is 5.92 Å². The van der Waals surface area contributed by atoms with E-state index in [9.17, 15) is 14.4 Å². The van der Waals surface area contributed by atoms with Crippen molar-refractivity contribution in [1.29, 1.82) is 0 Å². The Bertz CT molecular complexity index is 862. The minimum absolute atomic E-state index is 0.111. The molecule has 4 rings (SSSR count). The van der Waals surface area contributed by atoms with Crippen LogP contribution in [0.4, 0.5) is 0 Å². The van der Waals surface area contributed by atoms with Crippen molar-refractivity contribution in [3.8, 4) is 0 Å². The molecule has 3 heterocycles. The number of nitrogens with one attached hydrogen (secondary N) is 2. The van der Waals surface area contributed by atoms with Crippen molar-refractivity contribution in [2.24, 2.45) is 17.8 Å². The second-order valence-corrected chi connectivity index (χ2v) is 11.2. The van der Waals surface area contributed by atoms with Crippen molar-refractivity contribution < 1.29 is 19.1 Å². The zero-order valence-corrected chi connectivity index (χ0v) is 19.9. The summed E-state index contributed by atoms with van der Waals surface area (Å²) in [5.41, 5.74) is -2.53. The Morgan fingerprint density at radius 2 is 1.94 bits per heavy atom. The van der Waals surface area contributed by atoms with Crippen LogP contribution < -0.4 is 10.6 Å². The topological polar surface area (TPSA) is 87.7 Å². The Labute approximate surface area is 191 Å². The largest absolute Gasteiger partial charge is 0.356 e. The van der Waals surface area contributed by atoms with Crippen LogP contribution in [0.25, 0.3) is 0 Å². The van der Waals surface area contributed by atoms with Gasteiger partial charge in [-0.2, -0.15) is 0 Å². The quantitative estimate of drug-likeness (QED) is 0.639. The second kappa shape index (κ2) is 7.72. The number of rotatable bonds is 5. The van der Waals surface area contributed by atoms with E-state index in [-0.39, 0.29) is 30.3 Å². The minimum atomic E-state index is -1.15. The molecule has 2 saturated heterocycles. The lowest BCUT2D eigenvalue weighted by Gasteiger charge is -2.34. The van der Waals surface area contributed by atoms with Gasteiger partial charge in [0.25, 0.3) is 0 Å². The average molecular weight is 444 g/mol. The van der Waals surface area contributed by atoms with E-state index >= 15 is 0 Å². The molecule has 3 amide bonds. The highest BCUT2D eigenvalue weighted by molar-refractivity contribution is 6.00. The maximum absolute atomic E-state index is 13.7. The first-order valence-corrected chi connectivity index (χ1v) is 11.9. The summed E-state index contributed by atoms with van der Waals surface area (Å²) in [6, 6.07) is -0.735. The standard InChI is InChI=1S/C25H37N3O4/c1-7-14-28-19(21(30)27-23(3,4)5)25-13-12-24(6,32-25)17(18(25)22(28)31)20(29)26-16-11-9-8-10-15(16)2/h7,12-13,15-19H,1,8-11,14H2,2-6H3,(H,26,29)(H,27,30)/t15-,16+,17-,18+,19+,24-,25+/m0/s1. The number of ether oxygens (including phenoxy) is 1. The Morgan fingerprint density at radius 1 is 1.25 bits per heavy atom. The normalized spacial score (nSPS) is 40.3. The molecule has 0 radical (unpaired) electrons. The van der Waals surface area contributed by atoms with E-state index in [1.165, 1.54) is 11.3 Å². The van der Waals surface area contributed by atoms with Gasteiger partial charge < -0.3 is 20.3 Å². The van der Waals surface area contributed by atoms with Gasteiger partial charge in [-0.05, 0) is 46.5 Å². The first-order valence-electron chi connectivity index (χ1n) is 11.9. The summed E-state index contributed by atoms with van der Waals surface area (Å²) >= 11 is 0. The number of carbonyl (C=O) groups is 3. The van der Waals surface area contributed by atoms with Crippen molar-refractivity contribution in [3.05, 3.63) is 24.8 Å². The summed E-state index contributed by atoms with van der Waals surface area (Å²) in [5.74, 6) is -1.63. The average Bonchev–Trinajstić information content (AvgIpc) is 3.24. The highest BCUT2D eigenvalue weighted by Gasteiger charge is 2.76. The molecule has 1 spiro atoms. The lowest BCUT2D eigenvalue weighted by Crippen LogP contribution is -2.58. The Hall–Kier alpha value is -2.15. The molecule has 1 aliphatic carbocycles. The van der Waals surface area contributed by atoms with Crippen LogP contribution in [0.3, 0.4) is 0 Å². The van der Waals surface area contributed by atoms with Crippen LogP contribution in [-0.4, -0.2) is 58.0 Å². The fourth-order valence-corrected chi connectivity index (χ4v) is 6.21. The molecule has 2 bridgehead atoms. The molecule has 0 aromatic rings. The Balaban J connectivity index is 1.68. The van der Waals surface area contributed by atoms with Crippen LogP contribution >= 0.6 is 0 Å². The SMILES string of the molecule is C=CCN1C(=O)[C@H]2[C@@H](C(=O)N[C@@H]3CCCC[C@@H]3C)[C@]3(C)C=C[C@]2(O3)[C@H]1C(=O)NC(C)(C)C. The van der Waals surface area contributed by atoms with Gasteiger partial charge in [0.1, 0.15) is 11.6 Å². The highest BCUT2D eigenvalue weighted by atomic mass is 16.5. The van der Waals surface area contributed by atoms with Gasteiger partial charge in [0.15, 0.2) is 0 Å². The van der Waals surface area contributed by atoms with Gasteiger partial charge >= 0.3 is 0 Å². The number of fused-ring (bicyclic) bond motifs is 1. The summed E-state index contributed by atoms with van der Waals surface area (Å²) < 4.78 is 6.49. The molecule has 7 heteroatoms. The van der Waals surface area contributed by atoms with Crippen molar-refractivity contribution in [2.75, 3.05) is 6.54 Å². The molecule has 3 aliphatic heterocycles. The maximum Gasteiger partial charge on any atom is 0.246 e. The smallest absolute Gasteiger partial charge is 0.246 e. The fraction of sp³-hybridized carbons (Fsp3) is 0.720. The monoisotopic (exact) mass is 443 g/mol. The summed E-state index contributed by atoms with van der Waals surface area (Å²) in [6.07, 6.45) is 9.67. The zero-order valence-electron chi connectivity index (χ0n) is 19.9. The Kier molecular flexibility index (Phi) is 5.55. The van der Waals surface area contributed by atoms with E-state index in [4.69, 9.17) is 4.74 Å². The molecule has 3 fully saturated rings. The molecule has 4 aliphatic rings. The molecule has 0 unspecified atom stereocenters. The van der Waals surface area contributed by atoms with Crippen LogP contribution in [0, 0.1) is 17.8 Å². The van der Waals surface area contributed by atoms with Crippen molar-refractivity contribution >= 4 is 17.7 Å². The first kappa shape index (κ1) is 23.0. The summed E-state index contributed by atoms with van der Waals surface area (Å²) in [6.45, 7) is 13.7. The lowest BCUT2D eigenvalue weighted by molar-refractivity contribution is -0.145. The molecular weight excluding hydrogens is 406 g/mol. The van der Waals surface area contributed by atoms with Gasteiger partial charge in [-0.25, -0.2) is 0 Å². The third-order valence-electron chi connectivity index (χ3n) is 7.59. The predicted molar refractivity (Wildman–Crippen MR) is 121 cm³/mol. The molecule has 7 nitrogen and oxygen atoms in total. The zero-order chi connectivity index (χ0) is 23.5. The molecule has 32 heavy (non-hydrogen) atoms. The van der Waals surface area contributed by atoms with Crippen LogP contribution in [0.1, 0.15) is 60.3 Å². The van der Waals surface area contributed by atoms with Crippen LogP contribution in [0.5, 0.6) is 0 Å². The van der Waals surface area contributed by atoms with Crippen LogP contribution in [-0.2, 0) is 19.1 Å². The molecule has 0 aromatic heterocycles. The molecule has 7 atom stereocenters. The minimum Gasteiger partial charge on any atom is -0.356 e.